The first-order valence-electron chi connectivity index (χ1n) is 4.81. The molecule has 3 heteroatoms. The van der Waals surface area contributed by atoms with Gasteiger partial charge in [0.2, 0.25) is 0 Å². The van der Waals surface area contributed by atoms with Gasteiger partial charge in [-0.3, -0.25) is 0 Å². The van der Waals surface area contributed by atoms with Crippen LogP contribution in [0.15, 0.2) is 18.3 Å². The van der Waals surface area contributed by atoms with Crippen LogP contribution in [0.25, 0.3) is 0 Å². The van der Waals surface area contributed by atoms with E-state index in [2.05, 4.69) is 21.6 Å². The topological polar surface area (TPSA) is 39.2 Å². The summed E-state index contributed by atoms with van der Waals surface area (Å²) in [6.07, 6.45) is 3.41. The van der Waals surface area contributed by atoms with Crippen molar-refractivity contribution >= 4 is 5.97 Å². The summed E-state index contributed by atoms with van der Waals surface area (Å²) in [5.74, 6) is 5.42. The van der Waals surface area contributed by atoms with Crippen molar-refractivity contribution in [3.05, 3.63) is 29.6 Å². The van der Waals surface area contributed by atoms with Crippen LogP contribution >= 0.6 is 0 Å². The van der Waals surface area contributed by atoms with Crippen molar-refractivity contribution in [2.75, 3.05) is 7.11 Å². The number of pyridine rings is 1. The highest BCUT2D eigenvalue weighted by atomic mass is 16.5. The Morgan fingerprint density at radius 3 is 3.07 bits per heavy atom. The van der Waals surface area contributed by atoms with Crippen LogP contribution in [0, 0.1) is 11.8 Å². The monoisotopic (exact) mass is 203 g/mol. The molecule has 0 unspecified atom stereocenters. The fraction of sp³-hybridized carbons (Fsp3) is 0.333. The smallest absolute Gasteiger partial charge is 0.340 e. The fourth-order valence-corrected chi connectivity index (χ4v) is 1.05. The van der Waals surface area contributed by atoms with E-state index in [9.17, 15) is 4.79 Å². The number of unbranched alkanes of at least 4 members (excludes halogenated alkanes) is 1. The lowest BCUT2D eigenvalue weighted by Gasteiger charge is -2.00. The number of rotatable bonds is 2. The summed E-state index contributed by atoms with van der Waals surface area (Å²) in [5, 5.41) is 0. The molecule has 1 rings (SSSR count). The highest BCUT2D eigenvalue weighted by molar-refractivity contribution is 5.91. The number of hydrogen-bond acceptors (Lipinski definition) is 3. The Labute approximate surface area is 89.5 Å². The molecule has 0 radical (unpaired) electrons. The van der Waals surface area contributed by atoms with Gasteiger partial charge in [0.05, 0.1) is 12.7 Å². The van der Waals surface area contributed by atoms with Crippen LogP contribution in [0.2, 0.25) is 0 Å². The minimum atomic E-state index is -0.399. The number of carbonyl (C=O) groups excluding carboxylic acids is 1. The zero-order valence-electron chi connectivity index (χ0n) is 8.91. The van der Waals surface area contributed by atoms with Crippen molar-refractivity contribution in [3.8, 4) is 11.8 Å². The molecule has 0 N–H and O–H groups in total. The molecule has 0 fully saturated rings. The third-order valence-electron chi connectivity index (χ3n) is 1.79. The van der Waals surface area contributed by atoms with E-state index in [0.717, 1.165) is 12.8 Å². The summed E-state index contributed by atoms with van der Waals surface area (Å²) in [6, 6.07) is 3.35. The highest BCUT2D eigenvalue weighted by Gasteiger charge is 2.09. The molecule has 0 aliphatic carbocycles. The van der Waals surface area contributed by atoms with E-state index in [1.165, 1.54) is 7.11 Å². The van der Waals surface area contributed by atoms with Gasteiger partial charge in [-0.1, -0.05) is 12.8 Å². The number of nitrogens with zero attached hydrogens (tertiary/aromatic N) is 1. The lowest BCUT2D eigenvalue weighted by Crippen LogP contribution is -2.05. The number of esters is 1. The molecule has 0 aromatic carbocycles. The number of aromatic nitrogens is 1. The summed E-state index contributed by atoms with van der Waals surface area (Å²) in [6.45, 7) is 2.05. The van der Waals surface area contributed by atoms with Crippen molar-refractivity contribution in [2.45, 2.75) is 19.8 Å². The van der Waals surface area contributed by atoms with E-state index in [1.807, 2.05) is 6.92 Å². The lowest BCUT2D eigenvalue weighted by molar-refractivity contribution is 0.0600. The third-order valence-corrected chi connectivity index (χ3v) is 1.79. The Morgan fingerprint density at radius 1 is 1.60 bits per heavy atom. The molecule has 0 saturated carbocycles. The second-order valence-corrected chi connectivity index (χ2v) is 2.94. The van der Waals surface area contributed by atoms with Crippen LogP contribution in [0.1, 0.15) is 35.8 Å². The van der Waals surface area contributed by atoms with Gasteiger partial charge < -0.3 is 4.74 Å². The van der Waals surface area contributed by atoms with E-state index in [4.69, 9.17) is 0 Å². The number of hydrogen-bond donors (Lipinski definition) is 0. The molecule has 3 nitrogen and oxygen atoms in total. The van der Waals surface area contributed by atoms with Gasteiger partial charge in [-0.25, -0.2) is 9.78 Å². The second-order valence-electron chi connectivity index (χ2n) is 2.94. The number of methoxy groups -OCH3 is 1. The molecule has 1 aromatic heterocycles. The third kappa shape index (κ3) is 3.10. The maximum absolute atomic E-state index is 11.3. The molecule has 1 heterocycles. The van der Waals surface area contributed by atoms with Crippen LogP contribution in [0.5, 0.6) is 0 Å². The van der Waals surface area contributed by atoms with E-state index < -0.39 is 5.97 Å². The number of carbonyl (C=O) groups is 1. The van der Waals surface area contributed by atoms with Gasteiger partial charge in [0.25, 0.3) is 0 Å². The van der Waals surface area contributed by atoms with Gasteiger partial charge in [-0.05, 0) is 24.5 Å². The number of ether oxygens (including phenoxy) is 1. The Bertz CT molecular complexity index is 402. The minimum Gasteiger partial charge on any atom is -0.465 e. The maximum atomic E-state index is 11.3. The van der Waals surface area contributed by atoms with E-state index in [1.54, 1.807) is 18.3 Å². The molecular formula is C12H13NO2. The Hall–Kier alpha value is -1.82. The predicted octanol–water partition coefficient (Wildman–Crippen LogP) is 2.02. The van der Waals surface area contributed by atoms with Gasteiger partial charge in [0.15, 0.2) is 0 Å². The average Bonchev–Trinajstić information content (AvgIpc) is 2.29. The first kappa shape index (κ1) is 11.3. The van der Waals surface area contributed by atoms with Crippen molar-refractivity contribution < 1.29 is 9.53 Å². The molecule has 0 amide bonds. The summed E-state index contributed by atoms with van der Waals surface area (Å²) < 4.78 is 4.64. The van der Waals surface area contributed by atoms with Crippen LogP contribution in [-0.2, 0) is 4.74 Å². The molecule has 0 bridgehead atoms. The molecule has 15 heavy (non-hydrogen) atoms. The summed E-state index contributed by atoms with van der Waals surface area (Å²) >= 11 is 0. The highest BCUT2D eigenvalue weighted by Crippen LogP contribution is 2.05. The van der Waals surface area contributed by atoms with Crippen molar-refractivity contribution in [3.63, 3.8) is 0 Å². The first-order valence-corrected chi connectivity index (χ1v) is 4.81. The van der Waals surface area contributed by atoms with Gasteiger partial charge in [0.1, 0.15) is 5.69 Å². The largest absolute Gasteiger partial charge is 0.465 e. The van der Waals surface area contributed by atoms with Crippen molar-refractivity contribution in [1.82, 2.24) is 4.98 Å². The van der Waals surface area contributed by atoms with Crippen LogP contribution < -0.4 is 0 Å². The maximum Gasteiger partial charge on any atom is 0.340 e. The van der Waals surface area contributed by atoms with Gasteiger partial charge in [-0.2, -0.15) is 0 Å². The molecule has 0 spiro atoms. The van der Waals surface area contributed by atoms with Gasteiger partial charge in [0, 0.05) is 12.6 Å². The minimum absolute atomic E-state index is 0.399. The SMILES string of the molecule is CCCC#Cc1ncccc1C(=O)OC. The van der Waals surface area contributed by atoms with Crippen LogP contribution in [-0.4, -0.2) is 18.1 Å². The average molecular weight is 203 g/mol. The fourth-order valence-electron chi connectivity index (χ4n) is 1.05. The zero-order valence-corrected chi connectivity index (χ0v) is 8.91. The standard InChI is InChI=1S/C12H13NO2/c1-3-4-5-8-11-10(12(14)15-2)7-6-9-13-11/h6-7,9H,3-4H2,1-2H3. The molecular weight excluding hydrogens is 190 g/mol. The predicted molar refractivity (Wildman–Crippen MR) is 57.4 cm³/mol. The summed E-state index contributed by atoms with van der Waals surface area (Å²) in [7, 11) is 1.35. The first-order chi connectivity index (χ1) is 7.29. The zero-order chi connectivity index (χ0) is 11.1. The summed E-state index contributed by atoms with van der Waals surface area (Å²) in [4.78, 5) is 15.4. The Balaban J connectivity index is 2.98. The normalized spacial score (nSPS) is 8.93. The summed E-state index contributed by atoms with van der Waals surface area (Å²) in [5.41, 5.74) is 0.904. The van der Waals surface area contributed by atoms with E-state index >= 15 is 0 Å². The van der Waals surface area contributed by atoms with Crippen molar-refractivity contribution in [1.29, 1.82) is 0 Å². The van der Waals surface area contributed by atoms with Gasteiger partial charge >= 0.3 is 5.97 Å². The van der Waals surface area contributed by atoms with Gasteiger partial charge in [-0.15, -0.1) is 0 Å². The Morgan fingerprint density at radius 2 is 2.40 bits per heavy atom. The van der Waals surface area contributed by atoms with Crippen LogP contribution in [0.3, 0.4) is 0 Å². The molecule has 0 aliphatic heterocycles. The molecule has 0 atom stereocenters. The molecule has 78 valence electrons. The Kier molecular flexibility index (Phi) is 4.36. The van der Waals surface area contributed by atoms with E-state index in [0.29, 0.717) is 11.3 Å². The molecule has 0 saturated heterocycles. The van der Waals surface area contributed by atoms with Crippen molar-refractivity contribution in [2.24, 2.45) is 0 Å². The lowest BCUT2D eigenvalue weighted by atomic mass is 10.2. The second kappa shape index (κ2) is 5.82. The quantitative estimate of drug-likeness (QED) is 0.545. The molecule has 1 aromatic rings. The molecule has 0 aliphatic rings. The van der Waals surface area contributed by atoms with Crippen LogP contribution in [0.4, 0.5) is 0 Å². The van der Waals surface area contributed by atoms with E-state index in [-0.39, 0.29) is 0 Å².